The van der Waals surface area contributed by atoms with Crippen molar-refractivity contribution in [1.82, 2.24) is 0 Å². The number of aryl methyl sites for hydroxylation is 1. The van der Waals surface area contributed by atoms with E-state index < -0.39 is 27.3 Å². The number of hydrogen-bond acceptors (Lipinski definition) is 5. The number of phenols is 1. The van der Waals surface area contributed by atoms with Gasteiger partial charge in [-0.3, -0.25) is 4.72 Å². The van der Waals surface area contributed by atoms with Crippen molar-refractivity contribution in [3.8, 4) is 11.5 Å². The standard InChI is InChI=1S/C15H15NO6S/c1-9-3-6-14(22-2)12(7-9)16-23(20,21)10-4-5-13(17)11(8-10)15(18)19/h3-8,16-17H,1-2H3,(H,18,19). The van der Waals surface area contributed by atoms with Gasteiger partial charge in [-0.25, -0.2) is 13.2 Å². The largest absolute Gasteiger partial charge is 0.507 e. The molecular weight excluding hydrogens is 322 g/mol. The molecule has 0 aliphatic rings. The first-order chi connectivity index (χ1) is 10.7. The van der Waals surface area contributed by atoms with Crippen LogP contribution in [0.5, 0.6) is 11.5 Å². The smallest absolute Gasteiger partial charge is 0.339 e. The maximum Gasteiger partial charge on any atom is 0.339 e. The van der Waals surface area contributed by atoms with Crippen LogP contribution in [0, 0.1) is 6.92 Å². The highest BCUT2D eigenvalue weighted by molar-refractivity contribution is 7.92. The third-order valence-electron chi connectivity index (χ3n) is 3.11. The predicted molar refractivity (Wildman–Crippen MR) is 83.6 cm³/mol. The third kappa shape index (κ3) is 3.54. The molecule has 0 saturated carbocycles. The first-order valence-electron chi connectivity index (χ1n) is 6.48. The topological polar surface area (TPSA) is 113 Å². The lowest BCUT2D eigenvalue weighted by atomic mass is 10.2. The molecule has 23 heavy (non-hydrogen) atoms. The summed E-state index contributed by atoms with van der Waals surface area (Å²) in [7, 11) is -2.63. The molecule has 0 radical (unpaired) electrons. The Balaban J connectivity index is 2.46. The van der Waals surface area contributed by atoms with Crippen LogP contribution in [0.2, 0.25) is 0 Å². The molecule has 0 amide bonds. The second kappa shape index (κ2) is 6.17. The SMILES string of the molecule is COc1ccc(C)cc1NS(=O)(=O)c1ccc(O)c(C(=O)O)c1. The van der Waals surface area contributed by atoms with Crippen molar-refractivity contribution in [2.45, 2.75) is 11.8 Å². The predicted octanol–water partition coefficient (Wildman–Crippen LogP) is 2.21. The van der Waals surface area contributed by atoms with Gasteiger partial charge in [-0.1, -0.05) is 6.07 Å². The average molecular weight is 337 g/mol. The van der Waals surface area contributed by atoms with Crippen molar-refractivity contribution >= 4 is 21.7 Å². The monoisotopic (exact) mass is 337 g/mol. The summed E-state index contributed by atoms with van der Waals surface area (Å²) >= 11 is 0. The molecule has 122 valence electrons. The van der Waals surface area contributed by atoms with Crippen LogP contribution in [0.15, 0.2) is 41.3 Å². The van der Waals surface area contributed by atoms with E-state index in [0.717, 1.165) is 23.8 Å². The highest BCUT2D eigenvalue weighted by Gasteiger charge is 2.20. The fourth-order valence-electron chi connectivity index (χ4n) is 1.96. The summed E-state index contributed by atoms with van der Waals surface area (Å²) in [4.78, 5) is 10.7. The lowest BCUT2D eigenvalue weighted by Gasteiger charge is -2.13. The Kier molecular flexibility index (Phi) is 4.46. The van der Waals surface area contributed by atoms with E-state index in [1.165, 1.54) is 7.11 Å². The fourth-order valence-corrected chi connectivity index (χ4v) is 3.05. The Morgan fingerprint density at radius 1 is 1.17 bits per heavy atom. The minimum Gasteiger partial charge on any atom is -0.507 e. The number of aromatic carboxylic acids is 1. The van der Waals surface area contributed by atoms with Crippen LogP contribution in [0.25, 0.3) is 0 Å². The zero-order valence-corrected chi connectivity index (χ0v) is 13.2. The zero-order valence-electron chi connectivity index (χ0n) is 12.4. The highest BCUT2D eigenvalue weighted by atomic mass is 32.2. The van der Waals surface area contributed by atoms with E-state index in [1.54, 1.807) is 25.1 Å². The molecule has 2 aromatic carbocycles. The number of rotatable bonds is 5. The number of nitrogens with one attached hydrogen (secondary N) is 1. The van der Waals surface area contributed by atoms with Crippen LogP contribution in [0.4, 0.5) is 5.69 Å². The van der Waals surface area contributed by atoms with E-state index >= 15 is 0 Å². The van der Waals surface area contributed by atoms with Gasteiger partial charge < -0.3 is 14.9 Å². The number of carboxylic acids is 1. The van der Waals surface area contributed by atoms with Gasteiger partial charge in [-0.05, 0) is 42.8 Å². The minimum absolute atomic E-state index is 0.234. The first kappa shape index (κ1) is 16.6. The van der Waals surface area contributed by atoms with Gasteiger partial charge in [0.25, 0.3) is 10.0 Å². The normalized spacial score (nSPS) is 11.0. The molecule has 0 spiro atoms. The van der Waals surface area contributed by atoms with Crippen LogP contribution < -0.4 is 9.46 Å². The van der Waals surface area contributed by atoms with Gasteiger partial charge in [0.15, 0.2) is 0 Å². The summed E-state index contributed by atoms with van der Waals surface area (Å²) < 4.78 is 32.3. The number of methoxy groups -OCH3 is 1. The molecule has 0 unspecified atom stereocenters. The number of ether oxygens (including phenoxy) is 1. The lowest BCUT2D eigenvalue weighted by molar-refractivity contribution is 0.0693. The summed E-state index contributed by atoms with van der Waals surface area (Å²) in [5.74, 6) is -1.60. The number of aromatic hydroxyl groups is 1. The molecular formula is C15H15NO6S. The number of carbonyl (C=O) groups is 1. The van der Waals surface area contributed by atoms with Crippen molar-refractivity contribution < 1.29 is 28.2 Å². The minimum atomic E-state index is -4.04. The Labute approximate surface area is 133 Å². The first-order valence-corrected chi connectivity index (χ1v) is 7.96. The molecule has 0 aromatic heterocycles. The summed E-state index contributed by atoms with van der Waals surface area (Å²) in [6.07, 6.45) is 0. The molecule has 3 N–H and O–H groups in total. The van der Waals surface area contributed by atoms with E-state index in [0.29, 0.717) is 5.75 Å². The van der Waals surface area contributed by atoms with Crippen LogP contribution >= 0.6 is 0 Å². The number of sulfonamides is 1. The van der Waals surface area contributed by atoms with Crippen molar-refractivity contribution in [3.63, 3.8) is 0 Å². The van der Waals surface area contributed by atoms with Crippen LogP contribution in [-0.4, -0.2) is 31.7 Å². The maximum atomic E-state index is 12.4. The fraction of sp³-hybridized carbons (Fsp3) is 0.133. The third-order valence-corrected chi connectivity index (χ3v) is 4.47. The second-order valence-corrected chi connectivity index (χ2v) is 6.48. The molecule has 8 heteroatoms. The summed E-state index contributed by atoms with van der Waals surface area (Å²) in [6, 6.07) is 8.00. The molecule has 0 fully saturated rings. The van der Waals surface area contributed by atoms with E-state index in [1.807, 2.05) is 0 Å². The van der Waals surface area contributed by atoms with Crippen molar-refractivity contribution in [3.05, 3.63) is 47.5 Å². The van der Waals surface area contributed by atoms with Crippen LogP contribution in [0.3, 0.4) is 0 Å². The molecule has 2 rings (SSSR count). The Bertz CT molecular complexity index is 860. The molecule has 0 bridgehead atoms. The molecule has 0 heterocycles. The van der Waals surface area contributed by atoms with Gasteiger partial charge in [0.2, 0.25) is 0 Å². The van der Waals surface area contributed by atoms with Gasteiger partial charge in [0.05, 0.1) is 17.7 Å². The van der Waals surface area contributed by atoms with Gasteiger partial charge in [-0.15, -0.1) is 0 Å². The Hall–Kier alpha value is -2.74. The van der Waals surface area contributed by atoms with Crippen LogP contribution in [0.1, 0.15) is 15.9 Å². The number of anilines is 1. The molecule has 7 nitrogen and oxygen atoms in total. The molecule has 0 aliphatic carbocycles. The van der Waals surface area contributed by atoms with Crippen molar-refractivity contribution in [2.75, 3.05) is 11.8 Å². The second-order valence-electron chi connectivity index (χ2n) is 4.79. The summed E-state index contributed by atoms with van der Waals surface area (Å²) in [5, 5.41) is 18.4. The van der Waals surface area contributed by atoms with Gasteiger partial charge in [0, 0.05) is 0 Å². The average Bonchev–Trinajstić information content (AvgIpc) is 2.47. The lowest BCUT2D eigenvalue weighted by Crippen LogP contribution is -2.14. The van der Waals surface area contributed by atoms with Crippen molar-refractivity contribution in [1.29, 1.82) is 0 Å². The van der Waals surface area contributed by atoms with Gasteiger partial charge >= 0.3 is 5.97 Å². The van der Waals surface area contributed by atoms with E-state index in [4.69, 9.17) is 9.84 Å². The molecule has 0 aliphatic heterocycles. The van der Waals surface area contributed by atoms with Gasteiger partial charge in [0.1, 0.15) is 17.1 Å². The summed E-state index contributed by atoms with van der Waals surface area (Å²) in [5.41, 5.74) is 0.557. The Morgan fingerprint density at radius 2 is 1.87 bits per heavy atom. The molecule has 0 saturated heterocycles. The van der Waals surface area contributed by atoms with Crippen LogP contribution in [-0.2, 0) is 10.0 Å². The summed E-state index contributed by atoms with van der Waals surface area (Å²) in [6.45, 7) is 1.79. The maximum absolute atomic E-state index is 12.4. The van der Waals surface area contributed by atoms with Gasteiger partial charge in [-0.2, -0.15) is 0 Å². The molecule has 0 atom stereocenters. The number of benzene rings is 2. The Morgan fingerprint density at radius 3 is 2.48 bits per heavy atom. The van der Waals surface area contributed by atoms with E-state index in [2.05, 4.69) is 4.72 Å². The van der Waals surface area contributed by atoms with E-state index in [-0.39, 0.29) is 10.6 Å². The highest BCUT2D eigenvalue weighted by Crippen LogP contribution is 2.29. The zero-order chi connectivity index (χ0) is 17.2. The quantitative estimate of drug-likeness (QED) is 0.771. The van der Waals surface area contributed by atoms with E-state index in [9.17, 15) is 18.3 Å². The number of carboxylic acid groups (broad SMARTS) is 1. The number of hydrogen-bond donors (Lipinski definition) is 3. The van der Waals surface area contributed by atoms with Crippen molar-refractivity contribution in [2.24, 2.45) is 0 Å². The molecule has 2 aromatic rings.